The first-order chi connectivity index (χ1) is 9.91. The van der Waals surface area contributed by atoms with E-state index in [2.05, 4.69) is 5.32 Å². The Morgan fingerprint density at radius 3 is 2.62 bits per heavy atom. The second kappa shape index (κ2) is 6.34. The molecular weight excluding hydrogens is 283 g/mol. The molecule has 1 aliphatic rings. The van der Waals surface area contributed by atoms with E-state index in [1.54, 1.807) is 4.90 Å². The Labute approximate surface area is 121 Å². The molecular formula is C14H18F3N3O. The van der Waals surface area contributed by atoms with Crippen molar-refractivity contribution in [1.29, 1.82) is 0 Å². The lowest BCUT2D eigenvalue weighted by Gasteiger charge is -2.37. The molecule has 0 radical (unpaired) electrons. The van der Waals surface area contributed by atoms with Gasteiger partial charge in [-0.05, 0) is 37.5 Å². The number of nitrogens with two attached hydrogens (primary N) is 1. The van der Waals surface area contributed by atoms with Gasteiger partial charge < -0.3 is 16.0 Å². The number of nitrogens with one attached hydrogen (secondary N) is 1. The van der Waals surface area contributed by atoms with Crippen molar-refractivity contribution in [3.05, 3.63) is 29.8 Å². The molecule has 1 aliphatic carbocycles. The van der Waals surface area contributed by atoms with Gasteiger partial charge in [0.25, 0.3) is 0 Å². The van der Waals surface area contributed by atoms with Crippen molar-refractivity contribution < 1.29 is 18.0 Å². The summed E-state index contributed by atoms with van der Waals surface area (Å²) in [4.78, 5) is 13.8. The van der Waals surface area contributed by atoms with Gasteiger partial charge in [-0.25, -0.2) is 4.79 Å². The van der Waals surface area contributed by atoms with Gasteiger partial charge in [0.1, 0.15) is 0 Å². The maximum absolute atomic E-state index is 12.6. The number of rotatable bonds is 4. The largest absolute Gasteiger partial charge is 0.416 e. The van der Waals surface area contributed by atoms with Crippen LogP contribution < -0.4 is 11.1 Å². The van der Waals surface area contributed by atoms with Crippen molar-refractivity contribution in [3.63, 3.8) is 0 Å². The minimum Gasteiger partial charge on any atom is -0.329 e. The van der Waals surface area contributed by atoms with Gasteiger partial charge in [-0.3, -0.25) is 0 Å². The third-order valence-electron chi connectivity index (χ3n) is 3.59. The Morgan fingerprint density at radius 2 is 2.10 bits per heavy atom. The highest BCUT2D eigenvalue weighted by atomic mass is 19.4. The highest BCUT2D eigenvalue weighted by Gasteiger charge is 2.31. The maximum Gasteiger partial charge on any atom is 0.416 e. The van der Waals surface area contributed by atoms with Gasteiger partial charge in [0.2, 0.25) is 0 Å². The van der Waals surface area contributed by atoms with Crippen molar-refractivity contribution in [2.75, 3.05) is 18.4 Å². The highest BCUT2D eigenvalue weighted by molar-refractivity contribution is 5.89. The van der Waals surface area contributed by atoms with Crippen LogP contribution in [0.15, 0.2) is 24.3 Å². The number of carbonyl (C=O) groups excluding carboxylic acids is 1. The quantitative estimate of drug-likeness (QED) is 0.898. The lowest BCUT2D eigenvalue weighted by atomic mass is 9.91. The molecule has 0 heterocycles. The fraction of sp³-hybridized carbons (Fsp3) is 0.500. The van der Waals surface area contributed by atoms with E-state index in [0.29, 0.717) is 13.1 Å². The number of anilines is 1. The first-order valence-electron chi connectivity index (χ1n) is 6.87. The molecule has 1 aromatic rings. The summed E-state index contributed by atoms with van der Waals surface area (Å²) < 4.78 is 37.9. The summed E-state index contributed by atoms with van der Waals surface area (Å²) in [6.45, 7) is 0.724. The first kappa shape index (κ1) is 15.6. The molecule has 0 unspecified atom stereocenters. The monoisotopic (exact) mass is 301 g/mol. The molecule has 0 saturated heterocycles. The van der Waals surface area contributed by atoms with Gasteiger partial charge in [-0.1, -0.05) is 6.07 Å². The van der Waals surface area contributed by atoms with E-state index in [1.807, 2.05) is 0 Å². The molecule has 0 atom stereocenters. The van der Waals surface area contributed by atoms with Gasteiger partial charge in [0, 0.05) is 24.8 Å². The number of urea groups is 1. The summed E-state index contributed by atoms with van der Waals surface area (Å²) in [6, 6.07) is 4.35. The molecule has 2 amide bonds. The third-order valence-corrected chi connectivity index (χ3v) is 3.59. The lowest BCUT2D eigenvalue weighted by molar-refractivity contribution is -0.137. The summed E-state index contributed by atoms with van der Waals surface area (Å²) in [5.74, 6) is 0. The van der Waals surface area contributed by atoms with Crippen molar-refractivity contribution in [1.82, 2.24) is 4.90 Å². The molecule has 0 aliphatic heterocycles. The summed E-state index contributed by atoms with van der Waals surface area (Å²) in [5, 5.41) is 2.52. The number of halogens is 3. The SMILES string of the molecule is NCCN(C(=O)Nc1cccc(C(F)(F)F)c1)C1CCC1. The summed E-state index contributed by atoms with van der Waals surface area (Å²) >= 11 is 0. The number of hydrogen-bond donors (Lipinski definition) is 2. The molecule has 0 bridgehead atoms. The molecule has 1 fully saturated rings. The average molecular weight is 301 g/mol. The Kier molecular flexibility index (Phi) is 4.72. The van der Waals surface area contributed by atoms with E-state index in [0.717, 1.165) is 31.4 Å². The second-order valence-corrected chi connectivity index (χ2v) is 5.08. The van der Waals surface area contributed by atoms with Crippen LogP contribution >= 0.6 is 0 Å². The van der Waals surface area contributed by atoms with Crippen molar-refractivity contribution in [2.45, 2.75) is 31.5 Å². The summed E-state index contributed by atoms with van der Waals surface area (Å²) in [5.41, 5.74) is 4.84. The highest BCUT2D eigenvalue weighted by Crippen LogP contribution is 2.31. The number of benzene rings is 1. The normalized spacial score (nSPS) is 15.4. The van der Waals surface area contributed by atoms with Crippen LogP contribution in [0.1, 0.15) is 24.8 Å². The van der Waals surface area contributed by atoms with Crippen LogP contribution in [0.3, 0.4) is 0 Å². The zero-order valence-electron chi connectivity index (χ0n) is 11.5. The van der Waals surface area contributed by atoms with Crippen molar-refractivity contribution in [3.8, 4) is 0 Å². The van der Waals surface area contributed by atoms with Gasteiger partial charge in [0.15, 0.2) is 0 Å². The standard InChI is InChI=1S/C14H18F3N3O/c15-14(16,17)10-3-1-4-11(9-10)19-13(21)20(8-7-18)12-5-2-6-12/h1,3-4,9,12H,2,5-8,18H2,(H,19,21). The zero-order chi connectivity index (χ0) is 15.5. The van der Waals surface area contributed by atoms with Crippen LogP contribution in [-0.4, -0.2) is 30.1 Å². The molecule has 0 aromatic heterocycles. The third kappa shape index (κ3) is 3.87. The Balaban J connectivity index is 2.07. The summed E-state index contributed by atoms with van der Waals surface area (Å²) in [6.07, 6.45) is -1.54. The van der Waals surface area contributed by atoms with Crippen LogP contribution in [0, 0.1) is 0 Å². The van der Waals surface area contributed by atoms with Crippen LogP contribution in [0.5, 0.6) is 0 Å². The number of hydrogen-bond acceptors (Lipinski definition) is 2. The molecule has 21 heavy (non-hydrogen) atoms. The number of alkyl halides is 3. The fourth-order valence-corrected chi connectivity index (χ4v) is 2.26. The molecule has 4 nitrogen and oxygen atoms in total. The van der Waals surface area contributed by atoms with Crippen LogP contribution in [0.25, 0.3) is 0 Å². The number of amides is 2. The van der Waals surface area contributed by atoms with Crippen LogP contribution in [-0.2, 0) is 6.18 Å². The Morgan fingerprint density at radius 1 is 1.38 bits per heavy atom. The topological polar surface area (TPSA) is 58.4 Å². The lowest BCUT2D eigenvalue weighted by Crippen LogP contribution is -2.48. The van der Waals surface area contributed by atoms with Gasteiger partial charge in [-0.2, -0.15) is 13.2 Å². The van der Waals surface area contributed by atoms with Gasteiger partial charge in [-0.15, -0.1) is 0 Å². The van der Waals surface area contributed by atoms with E-state index in [1.165, 1.54) is 12.1 Å². The number of nitrogens with zero attached hydrogens (tertiary/aromatic N) is 1. The predicted molar refractivity (Wildman–Crippen MR) is 73.9 cm³/mol. The van der Waals surface area contributed by atoms with E-state index < -0.39 is 17.8 Å². The number of carbonyl (C=O) groups is 1. The zero-order valence-corrected chi connectivity index (χ0v) is 11.5. The first-order valence-corrected chi connectivity index (χ1v) is 6.87. The molecule has 1 aromatic carbocycles. The van der Waals surface area contributed by atoms with Gasteiger partial charge in [0.05, 0.1) is 5.56 Å². The molecule has 116 valence electrons. The molecule has 2 rings (SSSR count). The average Bonchev–Trinajstić information content (AvgIpc) is 2.35. The second-order valence-electron chi connectivity index (χ2n) is 5.08. The van der Waals surface area contributed by atoms with Crippen LogP contribution in [0.4, 0.5) is 23.7 Å². The maximum atomic E-state index is 12.6. The molecule has 1 saturated carbocycles. The smallest absolute Gasteiger partial charge is 0.329 e. The Hall–Kier alpha value is -1.76. The van der Waals surface area contributed by atoms with Crippen molar-refractivity contribution in [2.24, 2.45) is 5.73 Å². The van der Waals surface area contributed by atoms with Crippen LogP contribution in [0.2, 0.25) is 0 Å². The minimum absolute atomic E-state index is 0.135. The van der Waals surface area contributed by atoms with E-state index in [9.17, 15) is 18.0 Å². The molecule has 3 N–H and O–H groups in total. The summed E-state index contributed by atoms with van der Waals surface area (Å²) in [7, 11) is 0. The van der Waals surface area contributed by atoms with Crippen molar-refractivity contribution >= 4 is 11.7 Å². The fourth-order valence-electron chi connectivity index (χ4n) is 2.26. The van der Waals surface area contributed by atoms with E-state index >= 15 is 0 Å². The Bertz CT molecular complexity index is 500. The molecule has 0 spiro atoms. The van der Waals surface area contributed by atoms with E-state index in [4.69, 9.17) is 5.73 Å². The molecule has 7 heteroatoms. The minimum atomic E-state index is -4.42. The van der Waals surface area contributed by atoms with E-state index in [-0.39, 0.29) is 11.7 Å². The van der Waals surface area contributed by atoms with Gasteiger partial charge >= 0.3 is 12.2 Å². The predicted octanol–water partition coefficient (Wildman–Crippen LogP) is 3.05.